The quantitative estimate of drug-likeness (QED) is 0.364. The van der Waals surface area contributed by atoms with Crippen molar-refractivity contribution in [2.24, 2.45) is 5.92 Å². The number of carbonyl (C=O) groups excluding carboxylic acids is 1. The van der Waals surface area contributed by atoms with Crippen molar-refractivity contribution in [1.82, 2.24) is 0 Å². The van der Waals surface area contributed by atoms with E-state index in [1.54, 1.807) is 0 Å². The number of unbranched alkanes of at least 4 members (excludes halogenated alkanes) is 4. The zero-order chi connectivity index (χ0) is 13.1. The number of ether oxygens (including phenoxy) is 1. The Morgan fingerprint density at radius 2 is 1.65 bits per heavy atom. The molecule has 100 valence electrons. The van der Waals surface area contributed by atoms with Gasteiger partial charge in [0.1, 0.15) is 6.42 Å². The van der Waals surface area contributed by atoms with E-state index in [1.165, 1.54) is 19.3 Å². The number of esters is 1. The molecule has 0 aliphatic heterocycles. The first-order valence-electron chi connectivity index (χ1n) is 6.39. The second-order valence-corrected chi connectivity index (χ2v) is 4.74. The third-order valence-corrected chi connectivity index (χ3v) is 2.48. The Balaban J connectivity index is 3.18. The average Bonchev–Trinajstić information content (AvgIpc) is 2.20. The Bertz CT molecular complexity index is 223. The van der Waals surface area contributed by atoms with Crippen LogP contribution in [0, 0.1) is 5.92 Å². The van der Waals surface area contributed by atoms with E-state index in [2.05, 4.69) is 13.8 Å². The highest BCUT2D eigenvalue weighted by molar-refractivity contribution is 5.90. The molecule has 1 N–H and O–H groups in total. The SMILES string of the molecule is CC(C)CCCCCCCOC(=O)CC(=O)O. The van der Waals surface area contributed by atoms with Crippen LogP contribution in [0.2, 0.25) is 0 Å². The number of carbonyl (C=O) groups is 2. The molecule has 0 saturated carbocycles. The van der Waals surface area contributed by atoms with Gasteiger partial charge in [0.2, 0.25) is 0 Å². The molecule has 0 unspecified atom stereocenters. The number of hydrogen-bond acceptors (Lipinski definition) is 3. The lowest BCUT2D eigenvalue weighted by Crippen LogP contribution is -2.11. The summed E-state index contributed by atoms with van der Waals surface area (Å²) >= 11 is 0. The Hall–Kier alpha value is -1.06. The van der Waals surface area contributed by atoms with Gasteiger partial charge >= 0.3 is 11.9 Å². The van der Waals surface area contributed by atoms with Gasteiger partial charge in [0.05, 0.1) is 6.61 Å². The van der Waals surface area contributed by atoms with Gasteiger partial charge in [-0.05, 0) is 12.3 Å². The molecular formula is C13H24O4. The normalized spacial score (nSPS) is 10.5. The third kappa shape index (κ3) is 12.9. The number of carboxylic acid groups (broad SMARTS) is 1. The summed E-state index contributed by atoms with van der Waals surface area (Å²) in [5.41, 5.74) is 0. The second-order valence-electron chi connectivity index (χ2n) is 4.74. The van der Waals surface area contributed by atoms with Gasteiger partial charge in [0.25, 0.3) is 0 Å². The van der Waals surface area contributed by atoms with Crippen molar-refractivity contribution in [2.45, 2.75) is 58.8 Å². The molecule has 4 nitrogen and oxygen atoms in total. The Labute approximate surface area is 103 Å². The molecule has 0 rings (SSSR count). The summed E-state index contributed by atoms with van der Waals surface area (Å²) < 4.78 is 4.78. The maximum Gasteiger partial charge on any atom is 0.317 e. The van der Waals surface area contributed by atoms with E-state index >= 15 is 0 Å². The van der Waals surface area contributed by atoms with Crippen molar-refractivity contribution in [1.29, 1.82) is 0 Å². The van der Waals surface area contributed by atoms with Crippen LogP contribution in [-0.4, -0.2) is 23.7 Å². The van der Waals surface area contributed by atoms with Crippen molar-refractivity contribution in [2.75, 3.05) is 6.61 Å². The topological polar surface area (TPSA) is 63.6 Å². The van der Waals surface area contributed by atoms with E-state index in [9.17, 15) is 9.59 Å². The van der Waals surface area contributed by atoms with Crippen LogP contribution in [0.1, 0.15) is 58.8 Å². The molecule has 0 saturated heterocycles. The fourth-order valence-electron chi connectivity index (χ4n) is 1.55. The van der Waals surface area contributed by atoms with E-state index in [0.717, 1.165) is 25.2 Å². The van der Waals surface area contributed by atoms with Crippen LogP contribution in [0.5, 0.6) is 0 Å². The summed E-state index contributed by atoms with van der Waals surface area (Å²) in [6, 6.07) is 0. The summed E-state index contributed by atoms with van der Waals surface area (Å²) in [6.07, 6.45) is 6.24. The summed E-state index contributed by atoms with van der Waals surface area (Å²) in [5.74, 6) is -1.01. The van der Waals surface area contributed by atoms with E-state index in [0.29, 0.717) is 6.61 Å². The molecular weight excluding hydrogens is 220 g/mol. The zero-order valence-electron chi connectivity index (χ0n) is 10.9. The molecule has 0 aromatic carbocycles. The summed E-state index contributed by atoms with van der Waals surface area (Å²) in [4.78, 5) is 21.0. The molecule has 0 aromatic rings. The lowest BCUT2D eigenvalue weighted by molar-refractivity contribution is -0.151. The van der Waals surface area contributed by atoms with E-state index in [1.807, 2.05) is 0 Å². The smallest absolute Gasteiger partial charge is 0.317 e. The van der Waals surface area contributed by atoms with Crippen molar-refractivity contribution in [3.8, 4) is 0 Å². The molecule has 0 spiro atoms. The van der Waals surface area contributed by atoms with E-state index in [-0.39, 0.29) is 0 Å². The Morgan fingerprint density at radius 3 is 2.24 bits per heavy atom. The van der Waals surface area contributed by atoms with Gasteiger partial charge in [-0.25, -0.2) is 0 Å². The minimum absolute atomic E-state index is 0.344. The second kappa shape index (κ2) is 10.1. The van der Waals surface area contributed by atoms with E-state index < -0.39 is 18.4 Å². The molecule has 0 aliphatic carbocycles. The van der Waals surface area contributed by atoms with Crippen LogP contribution in [-0.2, 0) is 14.3 Å². The molecule has 0 radical (unpaired) electrons. The van der Waals surface area contributed by atoms with Crippen molar-refractivity contribution < 1.29 is 19.4 Å². The summed E-state index contributed by atoms with van der Waals surface area (Å²) in [6.45, 7) is 4.79. The highest BCUT2D eigenvalue weighted by atomic mass is 16.5. The molecule has 0 atom stereocenters. The Kier molecular flexibility index (Phi) is 9.49. The number of carboxylic acids is 1. The lowest BCUT2D eigenvalue weighted by atomic mass is 10.0. The fourth-order valence-corrected chi connectivity index (χ4v) is 1.55. The predicted molar refractivity (Wildman–Crippen MR) is 65.8 cm³/mol. The number of hydrogen-bond donors (Lipinski definition) is 1. The first kappa shape index (κ1) is 15.9. The largest absolute Gasteiger partial charge is 0.481 e. The first-order chi connectivity index (χ1) is 8.02. The minimum Gasteiger partial charge on any atom is -0.481 e. The van der Waals surface area contributed by atoms with E-state index in [4.69, 9.17) is 9.84 Å². The molecule has 4 heteroatoms. The lowest BCUT2D eigenvalue weighted by Gasteiger charge is -2.05. The Morgan fingerprint density at radius 1 is 1.06 bits per heavy atom. The van der Waals surface area contributed by atoms with Crippen LogP contribution in [0.3, 0.4) is 0 Å². The van der Waals surface area contributed by atoms with Gasteiger partial charge in [0.15, 0.2) is 0 Å². The fraction of sp³-hybridized carbons (Fsp3) is 0.846. The number of rotatable bonds is 10. The first-order valence-corrected chi connectivity index (χ1v) is 6.39. The van der Waals surface area contributed by atoms with Crippen LogP contribution >= 0.6 is 0 Å². The van der Waals surface area contributed by atoms with Gasteiger partial charge < -0.3 is 9.84 Å². The molecule has 0 bridgehead atoms. The number of aliphatic carboxylic acids is 1. The van der Waals surface area contributed by atoms with Crippen molar-refractivity contribution in [3.63, 3.8) is 0 Å². The van der Waals surface area contributed by atoms with Crippen molar-refractivity contribution in [3.05, 3.63) is 0 Å². The van der Waals surface area contributed by atoms with Crippen LogP contribution in [0.25, 0.3) is 0 Å². The van der Waals surface area contributed by atoms with Gasteiger partial charge in [-0.2, -0.15) is 0 Å². The van der Waals surface area contributed by atoms with Crippen molar-refractivity contribution >= 4 is 11.9 Å². The summed E-state index contributed by atoms with van der Waals surface area (Å²) in [7, 11) is 0. The highest BCUT2D eigenvalue weighted by Crippen LogP contribution is 2.10. The van der Waals surface area contributed by atoms with Gasteiger partial charge in [-0.3, -0.25) is 9.59 Å². The maximum atomic E-state index is 10.9. The molecule has 0 amide bonds. The van der Waals surface area contributed by atoms with Gasteiger partial charge in [-0.15, -0.1) is 0 Å². The molecule has 17 heavy (non-hydrogen) atoms. The van der Waals surface area contributed by atoms with Crippen LogP contribution in [0.15, 0.2) is 0 Å². The standard InChI is InChI=1S/C13H24O4/c1-11(2)8-6-4-3-5-7-9-17-13(16)10-12(14)15/h11H,3-10H2,1-2H3,(H,14,15). The molecule has 0 aromatic heterocycles. The van der Waals surface area contributed by atoms with Crippen LogP contribution < -0.4 is 0 Å². The third-order valence-electron chi connectivity index (χ3n) is 2.48. The zero-order valence-corrected chi connectivity index (χ0v) is 10.9. The van der Waals surface area contributed by atoms with Crippen LogP contribution in [0.4, 0.5) is 0 Å². The highest BCUT2D eigenvalue weighted by Gasteiger charge is 2.07. The summed E-state index contributed by atoms with van der Waals surface area (Å²) in [5, 5.41) is 8.33. The molecule has 0 heterocycles. The van der Waals surface area contributed by atoms with Gasteiger partial charge in [-0.1, -0.05) is 46.0 Å². The monoisotopic (exact) mass is 244 g/mol. The molecule has 0 fully saturated rings. The maximum absolute atomic E-state index is 10.9. The molecule has 0 aliphatic rings. The predicted octanol–water partition coefficient (Wildman–Crippen LogP) is 3.00. The van der Waals surface area contributed by atoms with Gasteiger partial charge in [0, 0.05) is 0 Å². The average molecular weight is 244 g/mol. The minimum atomic E-state index is -1.14.